The zero-order chi connectivity index (χ0) is 7.28. The second-order valence-corrected chi connectivity index (χ2v) is 5.58. The topological polar surface area (TPSA) is 31.5 Å². The van der Waals surface area contributed by atoms with Crippen molar-refractivity contribution in [2.24, 2.45) is 11.8 Å². The standard InChI is InChI=1S/C8H20Si.H2O/c1-7(2)5-9-6-8(3)4;/h7-8H,5-6,9H2,1-4H3;1H2. The van der Waals surface area contributed by atoms with Crippen molar-refractivity contribution in [2.45, 2.75) is 39.8 Å². The van der Waals surface area contributed by atoms with E-state index in [0.29, 0.717) is 9.52 Å². The van der Waals surface area contributed by atoms with Crippen LogP contribution in [0.5, 0.6) is 0 Å². The molecule has 0 aromatic heterocycles. The molecule has 0 atom stereocenters. The van der Waals surface area contributed by atoms with Crippen LogP contribution < -0.4 is 0 Å². The van der Waals surface area contributed by atoms with Gasteiger partial charge in [-0.05, 0) is 0 Å². The fraction of sp³-hybridized carbons (Fsp3) is 1.00. The Morgan fingerprint density at radius 3 is 1.40 bits per heavy atom. The Labute approximate surface area is 67.3 Å². The van der Waals surface area contributed by atoms with E-state index in [9.17, 15) is 0 Å². The summed E-state index contributed by atoms with van der Waals surface area (Å²) in [6.45, 7) is 9.31. The number of hydrogen-bond acceptors (Lipinski definition) is 0. The molecule has 0 aromatic carbocycles. The summed E-state index contributed by atoms with van der Waals surface area (Å²) in [7, 11) is 0.316. The van der Waals surface area contributed by atoms with Crippen LogP contribution in [0.4, 0.5) is 0 Å². The van der Waals surface area contributed by atoms with Crippen molar-refractivity contribution in [1.29, 1.82) is 0 Å². The number of hydrogen-bond donors (Lipinski definition) is 0. The molecule has 10 heavy (non-hydrogen) atoms. The molecule has 1 nitrogen and oxygen atoms in total. The second kappa shape index (κ2) is 7.29. The zero-order valence-corrected chi connectivity index (χ0v) is 9.19. The van der Waals surface area contributed by atoms with Crippen LogP contribution in [0.15, 0.2) is 0 Å². The molecular formula is C8H22OSi. The highest BCUT2D eigenvalue weighted by Crippen LogP contribution is 2.05. The Morgan fingerprint density at radius 1 is 0.900 bits per heavy atom. The van der Waals surface area contributed by atoms with Crippen molar-refractivity contribution in [2.75, 3.05) is 0 Å². The van der Waals surface area contributed by atoms with Gasteiger partial charge in [0.25, 0.3) is 0 Å². The highest BCUT2D eigenvalue weighted by molar-refractivity contribution is 6.35. The summed E-state index contributed by atoms with van der Waals surface area (Å²) in [6.07, 6.45) is 0. The first-order chi connectivity index (χ1) is 4.13. The van der Waals surface area contributed by atoms with Gasteiger partial charge in [-0.25, -0.2) is 0 Å². The summed E-state index contributed by atoms with van der Waals surface area (Å²) in [4.78, 5) is 0. The van der Waals surface area contributed by atoms with Gasteiger partial charge in [-0.2, -0.15) is 0 Å². The minimum atomic E-state index is 0. The minimum Gasteiger partial charge on any atom is -0.412 e. The van der Waals surface area contributed by atoms with Crippen LogP contribution in [0.1, 0.15) is 27.7 Å². The summed E-state index contributed by atoms with van der Waals surface area (Å²) in [5.41, 5.74) is 0. The third kappa shape index (κ3) is 11.0. The molecule has 0 aliphatic rings. The van der Waals surface area contributed by atoms with Crippen molar-refractivity contribution in [1.82, 2.24) is 0 Å². The van der Waals surface area contributed by atoms with Crippen molar-refractivity contribution in [3.8, 4) is 0 Å². The van der Waals surface area contributed by atoms with E-state index in [1.165, 1.54) is 12.1 Å². The van der Waals surface area contributed by atoms with E-state index in [4.69, 9.17) is 0 Å². The molecule has 0 aromatic rings. The van der Waals surface area contributed by atoms with Gasteiger partial charge in [-0.1, -0.05) is 51.6 Å². The van der Waals surface area contributed by atoms with Gasteiger partial charge in [0.1, 0.15) is 0 Å². The molecule has 0 spiro atoms. The molecule has 0 saturated heterocycles. The molecule has 0 amide bonds. The number of rotatable bonds is 4. The van der Waals surface area contributed by atoms with Crippen LogP contribution in [0.25, 0.3) is 0 Å². The molecule has 2 heteroatoms. The van der Waals surface area contributed by atoms with Crippen molar-refractivity contribution < 1.29 is 5.48 Å². The van der Waals surface area contributed by atoms with E-state index >= 15 is 0 Å². The highest BCUT2D eigenvalue weighted by Gasteiger charge is 1.96. The predicted molar refractivity (Wildman–Crippen MR) is 51.4 cm³/mol. The third-order valence-electron chi connectivity index (χ3n) is 1.56. The lowest BCUT2D eigenvalue weighted by Crippen LogP contribution is -1.99. The quantitative estimate of drug-likeness (QED) is 0.561. The lowest BCUT2D eigenvalue weighted by atomic mass is 10.3. The van der Waals surface area contributed by atoms with E-state index in [2.05, 4.69) is 27.7 Å². The average molecular weight is 162 g/mol. The second-order valence-electron chi connectivity index (χ2n) is 3.72. The Hall–Kier alpha value is 0.177. The normalized spacial score (nSPS) is 10.2. The lowest BCUT2D eigenvalue weighted by molar-refractivity contribution is 0.700. The van der Waals surface area contributed by atoms with Crippen molar-refractivity contribution in [3.63, 3.8) is 0 Å². The van der Waals surface area contributed by atoms with Crippen LogP contribution in [-0.2, 0) is 0 Å². The summed E-state index contributed by atoms with van der Waals surface area (Å²) in [6, 6.07) is 3.08. The smallest absolute Gasteiger partial charge is 0.0202 e. The Bertz CT molecular complexity index is 54.3. The van der Waals surface area contributed by atoms with Crippen LogP contribution in [0.2, 0.25) is 12.1 Å². The summed E-state index contributed by atoms with van der Waals surface area (Å²) < 4.78 is 0. The molecular weight excluding hydrogens is 140 g/mol. The molecule has 0 heterocycles. The maximum atomic E-state index is 2.33. The van der Waals surface area contributed by atoms with Crippen molar-refractivity contribution >= 4 is 9.52 Å². The molecule has 0 bridgehead atoms. The van der Waals surface area contributed by atoms with Crippen LogP contribution >= 0.6 is 0 Å². The molecule has 2 N–H and O–H groups in total. The average Bonchev–Trinajstić information content (AvgIpc) is 1.63. The maximum absolute atomic E-state index is 2.33. The summed E-state index contributed by atoms with van der Waals surface area (Å²) >= 11 is 0. The molecule has 0 aliphatic carbocycles. The summed E-state index contributed by atoms with van der Waals surface area (Å²) in [5, 5.41) is 0. The van der Waals surface area contributed by atoms with Gasteiger partial charge in [0.15, 0.2) is 0 Å². The largest absolute Gasteiger partial charge is 0.412 e. The fourth-order valence-corrected chi connectivity index (χ4v) is 2.80. The van der Waals surface area contributed by atoms with Gasteiger partial charge >= 0.3 is 0 Å². The molecule has 0 saturated carbocycles. The first-order valence-corrected chi connectivity index (χ1v) is 6.13. The molecule has 0 unspecified atom stereocenters. The van der Waals surface area contributed by atoms with Gasteiger partial charge in [-0.15, -0.1) is 0 Å². The van der Waals surface area contributed by atoms with Gasteiger partial charge < -0.3 is 5.48 Å². The van der Waals surface area contributed by atoms with Crippen LogP contribution in [0, 0.1) is 11.8 Å². The third-order valence-corrected chi connectivity index (χ3v) is 4.69. The molecule has 0 radical (unpaired) electrons. The van der Waals surface area contributed by atoms with Crippen LogP contribution in [0.3, 0.4) is 0 Å². The van der Waals surface area contributed by atoms with Gasteiger partial charge in [-0.3, -0.25) is 0 Å². The highest BCUT2D eigenvalue weighted by atomic mass is 28.2. The van der Waals surface area contributed by atoms with Gasteiger partial charge in [0, 0.05) is 9.52 Å². The Morgan fingerprint density at radius 2 is 1.20 bits per heavy atom. The van der Waals surface area contributed by atoms with Crippen molar-refractivity contribution in [3.05, 3.63) is 0 Å². The van der Waals surface area contributed by atoms with Gasteiger partial charge in [0.2, 0.25) is 0 Å². The van der Waals surface area contributed by atoms with E-state index in [1.54, 1.807) is 0 Å². The van der Waals surface area contributed by atoms with E-state index in [-0.39, 0.29) is 5.48 Å². The molecule has 0 fully saturated rings. The zero-order valence-electron chi connectivity index (χ0n) is 7.78. The predicted octanol–water partition coefficient (Wildman–Crippen LogP) is 1.48. The lowest BCUT2D eigenvalue weighted by Gasteiger charge is -2.04. The van der Waals surface area contributed by atoms with E-state index in [1.807, 2.05) is 0 Å². The first-order valence-electron chi connectivity index (χ1n) is 4.13. The van der Waals surface area contributed by atoms with Crippen LogP contribution in [-0.4, -0.2) is 15.0 Å². The molecule has 64 valence electrons. The fourth-order valence-electron chi connectivity index (χ4n) is 0.934. The Kier molecular flexibility index (Phi) is 9.34. The van der Waals surface area contributed by atoms with Gasteiger partial charge in [0.05, 0.1) is 0 Å². The summed E-state index contributed by atoms with van der Waals surface area (Å²) in [5.74, 6) is 1.91. The minimum absolute atomic E-state index is 0. The van der Waals surface area contributed by atoms with E-state index < -0.39 is 0 Å². The Balaban J connectivity index is 0. The first kappa shape index (κ1) is 12.8. The molecule has 0 aliphatic heterocycles. The SMILES string of the molecule is CC(C)C[SiH2]CC(C)C.O. The maximum Gasteiger partial charge on any atom is 0.0202 e. The monoisotopic (exact) mass is 162 g/mol. The molecule has 0 rings (SSSR count). The van der Waals surface area contributed by atoms with E-state index in [0.717, 1.165) is 11.8 Å².